The van der Waals surface area contributed by atoms with Crippen LogP contribution in [-0.2, 0) is 0 Å². The summed E-state index contributed by atoms with van der Waals surface area (Å²) in [5, 5.41) is 18.5. The van der Waals surface area contributed by atoms with Crippen molar-refractivity contribution in [3.8, 4) is 11.3 Å². The Morgan fingerprint density at radius 1 is 1.11 bits per heavy atom. The van der Waals surface area contributed by atoms with E-state index in [1.54, 1.807) is 11.3 Å². The summed E-state index contributed by atoms with van der Waals surface area (Å²) < 4.78 is 0. The summed E-state index contributed by atoms with van der Waals surface area (Å²) in [6.07, 6.45) is 1.07. The van der Waals surface area contributed by atoms with Crippen molar-refractivity contribution < 1.29 is 0 Å². The van der Waals surface area contributed by atoms with Crippen LogP contribution in [0.4, 0.5) is 5.82 Å². The van der Waals surface area contributed by atoms with Gasteiger partial charge in [0, 0.05) is 28.3 Å². The van der Waals surface area contributed by atoms with Crippen molar-refractivity contribution in [2.24, 2.45) is 0 Å². The largest absolute Gasteiger partial charge is 0.368 e. The minimum Gasteiger partial charge on any atom is -0.368 e. The average Bonchev–Trinajstić information content (AvgIpc) is 2.98. The smallest absolute Gasteiger partial charge is 0.156 e. The van der Waals surface area contributed by atoms with Crippen LogP contribution in [0.1, 0.15) is 13.3 Å². The first-order chi connectivity index (χ1) is 9.40. The summed E-state index contributed by atoms with van der Waals surface area (Å²) in [5.74, 6) is 0.872. The van der Waals surface area contributed by atoms with Gasteiger partial charge in [-0.15, -0.1) is 10.2 Å². The van der Waals surface area contributed by atoms with Gasteiger partial charge in [0.15, 0.2) is 5.82 Å². The molecule has 0 saturated heterocycles. The van der Waals surface area contributed by atoms with Gasteiger partial charge < -0.3 is 5.32 Å². The highest BCUT2D eigenvalue weighted by atomic mass is 32.1. The summed E-state index contributed by atoms with van der Waals surface area (Å²) in [6, 6.07) is 10.4. The second-order valence-corrected chi connectivity index (χ2v) is 5.16. The van der Waals surface area contributed by atoms with E-state index >= 15 is 0 Å². The molecule has 3 rings (SSSR count). The van der Waals surface area contributed by atoms with Gasteiger partial charge in [0.05, 0.1) is 0 Å². The van der Waals surface area contributed by atoms with E-state index in [2.05, 4.69) is 51.4 Å². The molecule has 0 aliphatic carbocycles. The maximum atomic E-state index is 4.40. The predicted octanol–water partition coefficient (Wildman–Crippen LogP) is 4.18. The molecule has 2 aromatic heterocycles. The summed E-state index contributed by atoms with van der Waals surface area (Å²) in [5.41, 5.74) is 2.09. The van der Waals surface area contributed by atoms with E-state index in [1.165, 1.54) is 0 Å². The van der Waals surface area contributed by atoms with Crippen LogP contribution in [0.5, 0.6) is 0 Å². The number of fused-ring (bicyclic) bond motifs is 1. The van der Waals surface area contributed by atoms with Crippen molar-refractivity contribution in [2.75, 3.05) is 11.9 Å². The number of hydrogen-bond acceptors (Lipinski definition) is 4. The van der Waals surface area contributed by atoms with Crippen LogP contribution in [0.2, 0.25) is 0 Å². The molecule has 0 amide bonds. The Morgan fingerprint density at radius 2 is 1.95 bits per heavy atom. The third-order valence-corrected chi connectivity index (χ3v) is 3.71. The van der Waals surface area contributed by atoms with Gasteiger partial charge in [0.1, 0.15) is 5.69 Å². The lowest BCUT2D eigenvalue weighted by Gasteiger charge is -2.09. The number of rotatable bonds is 4. The molecular formula is C15H15N3S. The van der Waals surface area contributed by atoms with Gasteiger partial charge in [-0.1, -0.05) is 31.2 Å². The zero-order chi connectivity index (χ0) is 13.1. The third-order valence-electron chi connectivity index (χ3n) is 3.02. The minimum absolute atomic E-state index is 0.872. The van der Waals surface area contributed by atoms with Gasteiger partial charge in [-0.3, -0.25) is 0 Å². The molecule has 1 N–H and O–H groups in total. The summed E-state index contributed by atoms with van der Waals surface area (Å²) in [7, 11) is 0. The molecule has 0 saturated carbocycles. The number of thiophene rings is 1. The molecule has 1 aromatic carbocycles. The predicted molar refractivity (Wildman–Crippen MR) is 81.6 cm³/mol. The Bertz CT molecular complexity index is 677. The molecule has 2 heterocycles. The van der Waals surface area contributed by atoms with Crippen LogP contribution in [0, 0.1) is 0 Å². The first-order valence-corrected chi connectivity index (χ1v) is 7.36. The molecule has 0 bridgehead atoms. The van der Waals surface area contributed by atoms with E-state index in [1.807, 2.05) is 12.1 Å². The first kappa shape index (κ1) is 12.1. The fourth-order valence-corrected chi connectivity index (χ4v) is 2.73. The normalized spacial score (nSPS) is 10.8. The monoisotopic (exact) mass is 269 g/mol. The van der Waals surface area contributed by atoms with Gasteiger partial charge in [0.25, 0.3) is 0 Å². The van der Waals surface area contributed by atoms with Crippen LogP contribution in [0.25, 0.3) is 22.0 Å². The number of nitrogens with zero attached hydrogens (tertiary/aromatic N) is 2. The second-order valence-electron chi connectivity index (χ2n) is 4.38. The van der Waals surface area contributed by atoms with Gasteiger partial charge in [-0.25, -0.2) is 0 Å². The lowest BCUT2D eigenvalue weighted by atomic mass is 10.1. The molecule has 0 radical (unpaired) electrons. The van der Waals surface area contributed by atoms with Crippen molar-refractivity contribution in [1.82, 2.24) is 10.2 Å². The molecule has 3 nitrogen and oxygen atoms in total. The maximum absolute atomic E-state index is 4.40. The van der Waals surface area contributed by atoms with E-state index in [-0.39, 0.29) is 0 Å². The number of nitrogens with one attached hydrogen (secondary N) is 1. The van der Waals surface area contributed by atoms with E-state index in [4.69, 9.17) is 0 Å². The Hall–Kier alpha value is -1.94. The number of anilines is 1. The first-order valence-electron chi connectivity index (χ1n) is 6.42. The summed E-state index contributed by atoms with van der Waals surface area (Å²) >= 11 is 1.68. The summed E-state index contributed by atoms with van der Waals surface area (Å²) in [6.45, 7) is 3.05. The van der Waals surface area contributed by atoms with Crippen LogP contribution >= 0.6 is 11.3 Å². The number of benzene rings is 1. The lowest BCUT2D eigenvalue weighted by molar-refractivity contribution is 0.952. The van der Waals surface area contributed by atoms with Gasteiger partial charge in [-0.05, 0) is 17.9 Å². The topological polar surface area (TPSA) is 37.8 Å². The van der Waals surface area contributed by atoms with Gasteiger partial charge in [-0.2, -0.15) is 11.3 Å². The molecule has 0 aliphatic rings. The Labute approximate surface area is 116 Å². The molecular weight excluding hydrogens is 254 g/mol. The van der Waals surface area contributed by atoms with E-state index in [9.17, 15) is 0 Å². The van der Waals surface area contributed by atoms with Crippen LogP contribution < -0.4 is 5.32 Å². The van der Waals surface area contributed by atoms with E-state index in [0.717, 1.165) is 40.8 Å². The van der Waals surface area contributed by atoms with Crippen LogP contribution in [-0.4, -0.2) is 16.7 Å². The highest BCUT2D eigenvalue weighted by Gasteiger charge is 2.10. The Kier molecular flexibility index (Phi) is 3.42. The van der Waals surface area contributed by atoms with Crippen LogP contribution in [0.15, 0.2) is 41.1 Å². The minimum atomic E-state index is 0.872. The zero-order valence-corrected chi connectivity index (χ0v) is 11.6. The molecule has 0 fully saturated rings. The molecule has 0 unspecified atom stereocenters. The SMILES string of the molecule is CCCNc1nnc(-c2ccsc2)c2ccccc12. The highest BCUT2D eigenvalue weighted by molar-refractivity contribution is 7.08. The fourth-order valence-electron chi connectivity index (χ4n) is 2.09. The molecule has 3 aromatic rings. The van der Waals surface area contributed by atoms with E-state index < -0.39 is 0 Å². The third kappa shape index (κ3) is 2.31. The Balaban J connectivity index is 2.16. The molecule has 0 atom stereocenters. The second kappa shape index (κ2) is 5.36. The van der Waals surface area contributed by atoms with Gasteiger partial charge >= 0.3 is 0 Å². The van der Waals surface area contributed by atoms with Crippen molar-refractivity contribution in [2.45, 2.75) is 13.3 Å². The number of hydrogen-bond donors (Lipinski definition) is 1. The summed E-state index contributed by atoms with van der Waals surface area (Å²) in [4.78, 5) is 0. The Morgan fingerprint density at radius 3 is 2.68 bits per heavy atom. The van der Waals surface area contributed by atoms with Crippen molar-refractivity contribution >= 4 is 27.9 Å². The quantitative estimate of drug-likeness (QED) is 0.772. The fraction of sp³-hybridized carbons (Fsp3) is 0.200. The maximum Gasteiger partial charge on any atom is 0.156 e. The highest BCUT2D eigenvalue weighted by Crippen LogP contribution is 2.30. The van der Waals surface area contributed by atoms with E-state index in [0.29, 0.717) is 0 Å². The zero-order valence-electron chi connectivity index (χ0n) is 10.8. The number of aromatic nitrogens is 2. The standard InChI is InChI=1S/C15H15N3S/c1-2-8-16-15-13-6-4-3-5-12(13)14(17-18-15)11-7-9-19-10-11/h3-7,9-10H,2,8H2,1H3,(H,16,18). The lowest BCUT2D eigenvalue weighted by Crippen LogP contribution is -2.04. The molecule has 0 aliphatic heterocycles. The molecule has 0 spiro atoms. The van der Waals surface area contributed by atoms with Crippen molar-refractivity contribution in [3.63, 3.8) is 0 Å². The van der Waals surface area contributed by atoms with Crippen molar-refractivity contribution in [3.05, 3.63) is 41.1 Å². The van der Waals surface area contributed by atoms with Crippen molar-refractivity contribution in [1.29, 1.82) is 0 Å². The van der Waals surface area contributed by atoms with Crippen LogP contribution in [0.3, 0.4) is 0 Å². The van der Waals surface area contributed by atoms with Gasteiger partial charge in [0.2, 0.25) is 0 Å². The molecule has 96 valence electrons. The average molecular weight is 269 g/mol. The molecule has 19 heavy (non-hydrogen) atoms. The molecule has 4 heteroatoms.